The Balaban J connectivity index is 2.77. The molecule has 0 atom stereocenters. The molecular weight excluding hydrogens is 160 g/mol. The molecule has 0 unspecified atom stereocenters. The van der Waals surface area contributed by atoms with Gasteiger partial charge in [0.15, 0.2) is 0 Å². The lowest BCUT2D eigenvalue weighted by Gasteiger charge is -2.06. The molecule has 1 aromatic rings. The molecule has 0 aliphatic carbocycles. The van der Waals surface area contributed by atoms with Crippen LogP contribution in [0, 0.1) is 16.7 Å². The minimum atomic E-state index is -0.419. The first-order valence-corrected chi connectivity index (χ1v) is 4.15. The van der Waals surface area contributed by atoms with Crippen LogP contribution < -0.4 is 0 Å². The van der Waals surface area contributed by atoms with Crippen LogP contribution in [-0.4, -0.2) is 4.98 Å². The third-order valence-electron chi connectivity index (χ3n) is 1.65. The minimum Gasteiger partial charge on any atom is -0.257 e. The highest BCUT2D eigenvalue weighted by molar-refractivity contribution is 5.45. The third kappa shape index (κ3) is 3.08. The summed E-state index contributed by atoms with van der Waals surface area (Å²) < 4.78 is 0. The lowest BCUT2D eigenvalue weighted by molar-refractivity contribution is 0.647. The van der Waals surface area contributed by atoms with E-state index in [0.29, 0.717) is 0 Å². The van der Waals surface area contributed by atoms with Gasteiger partial charge >= 0.3 is 0 Å². The van der Waals surface area contributed by atoms with Gasteiger partial charge in [-0.1, -0.05) is 12.1 Å². The lowest BCUT2D eigenvalue weighted by Crippen LogP contribution is -2.01. The second kappa shape index (κ2) is 3.86. The summed E-state index contributed by atoms with van der Waals surface area (Å²) in [5, 5.41) is 8.75. The van der Waals surface area contributed by atoms with Crippen molar-refractivity contribution in [3.05, 3.63) is 36.2 Å². The average molecular weight is 172 g/mol. The van der Waals surface area contributed by atoms with Crippen molar-refractivity contribution in [2.75, 3.05) is 0 Å². The molecule has 2 heteroatoms. The van der Waals surface area contributed by atoms with E-state index in [0.717, 1.165) is 5.69 Å². The monoisotopic (exact) mass is 172 g/mol. The van der Waals surface area contributed by atoms with E-state index < -0.39 is 5.41 Å². The number of hydrogen-bond donors (Lipinski definition) is 0. The molecular formula is C11H12N2. The Morgan fingerprint density at radius 1 is 1.46 bits per heavy atom. The lowest BCUT2D eigenvalue weighted by atomic mass is 9.95. The van der Waals surface area contributed by atoms with Crippen LogP contribution in [0.2, 0.25) is 0 Å². The maximum Gasteiger partial charge on any atom is 0.0725 e. The molecule has 0 aliphatic heterocycles. The predicted octanol–water partition coefficient (Wildman–Crippen LogP) is 2.64. The van der Waals surface area contributed by atoms with E-state index >= 15 is 0 Å². The van der Waals surface area contributed by atoms with Crippen LogP contribution >= 0.6 is 0 Å². The molecule has 0 saturated heterocycles. The maximum atomic E-state index is 8.75. The first-order valence-electron chi connectivity index (χ1n) is 4.15. The second-order valence-electron chi connectivity index (χ2n) is 3.42. The molecule has 0 spiro atoms. The van der Waals surface area contributed by atoms with Crippen LogP contribution in [0.4, 0.5) is 0 Å². The zero-order valence-corrected chi connectivity index (χ0v) is 7.86. The molecule has 0 amide bonds. The number of nitriles is 1. The molecule has 0 bridgehead atoms. The SMILES string of the molecule is CC(C)(C#N)C=Cc1ccccn1. The van der Waals surface area contributed by atoms with Crippen molar-refractivity contribution in [1.29, 1.82) is 5.26 Å². The average Bonchev–Trinajstić information content (AvgIpc) is 2.17. The third-order valence-corrected chi connectivity index (χ3v) is 1.65. The van der Waals surface area contributed by atoms with Crippen LogP contribution in [0.3, 0.4) is 0 Å². The molecule has 0 radical (unpaired) electrons. The number of nitrogens with zero attached hydrogens (tertiary/aromatic N) is 2. The Kier molecular flexibility index (Phi) is 2.81. The Labute approximate surface area is 78.5 Å². The molecule has 1 heterocycles. The Morgan fingerprint density at radius 2 is 2.23 bits per heavy atom. The highest BCUT2D eigenvalue weighted by Crippen LogP contribution is 2.16. The summed E-state index contributed by atoms with van der Waals surface area (Å²) in [6.07, 6.45) is 5.46. The van der Waals surface area contributed by atoms with E-state index in [1.165, 1.54) is 0 Å². The molecule has 0 aliphatic rings. The van der Waals surface area contributed by atoms with Gasteiger partial charge in [0, 0.05) is 6.20 Å². The van der Waals surface area contributed by atoms with Gasteiger partial charge in [0.1, 0.15) is 0 Å². The number of pyridine rings is 1. The Morgan fingerprint density at radius 3 is 2.77 bits per heavy atom. The minimum absolute atomic E-state index is 0.419. The van der Waals surface area contributed by atoms with Gasteiger partial charge in [0.05, 0.1) is 17.2 Å². The quantitative estimate of drug-likeness (QED) is 0.687. The van der Waals surface area contributed by atoms with E-state index in [2.05, 4.69) is 11.1 Å². The smallest absolute Gasteiger partial charge is 0.0725 e. The molecule has 1 aromatic heterocycles. The van der Waals surface area contributed by atoms with Crippen molar-refractivity contribution in [3.8, 4) is 6.07 Å². The highest BCUT2D eigenvalue weighted by atomic mass is 14.6. The highest BCUT2D eigenvalue weighted by Gasteiger charge is 2.10. The summed E-state index contributed by atoms with van der Waals surface area (Å²) in [6.45, 7) is 3.74. The summed E-state index contributed by atoms with van der Waals surface area (Å²) in [5.74, 6) is 0. The fraction of sp³-hybridized carbons (Fsp3) is 0.273. The summed E-state index contributed by atoms with van der Waals surface area (Å²) in [6, 6.07) is 7.89. The van der Waals surface area contributed by atoms with Crippen molar-refractivity contribution >= 4 is 6.08 Å². The fourth-order valence-corrected chi connectivity index (χ4v) is 0.806. The van der Waals surface area contributed by atoms with Crippen LogP contribution in [0.15, 0.2) is 30.5 Å². The van der Waals surface area contributed by atoms with Crippen molar-refractivity contribution in [1.82, 2.24) is 4.98 Å². The van der Waals surface area contributed by atoms with Crippen LogP contribution in [0.1, 0.15) is 19.5 Å². The van der Waals surface area contributed by atoms with E-state index in [-0.39, 0.29) is 0 Å². The Hall–Kier alpha value is -1.62. The molecule has 0 saturated carbocycles. The van der Waals surface area contributed by atoms with Gasteiger partial charge in [-0.05, 0) is 32.1 Å². The number of aromatic nitrogens is 1. The van der Waals surface area contributed by atoms with Gasteiger partial charge in [-0.25, -0.2) is 0 Å². The zero-order chi connectivity index (χ0) is 9.73. The van der Waals surface area contributed by atoms with Crippen molar-refractivity contribution in [3.63, 3.8) is 0 Å². The van der Waals surface area contributed by atoms with Gasteiger partial charge in [-0.15, -0.1) is 0 Å². The van der Waals surface area contributed by atoms with Crippen molar-refractivity contribution in [2.45, 2.75) is 13.8 Å². The number of hydrogen-bond acceptors (Lipinski definition) is 2. The van der Waals surface area contributed by atoms with E-state index in [9.17, 15) is 0 Å². The van der Waals surface area contributed by atoms with Crippen LogP contribution in [-0.2, 0) is 0 Å². The standard InChI is InChI=1S/C11H12N2/c1-11(2,9-12)7-6-10-5-3-4-8-13-10/h3-8H,1-2H3. The van der Waals surface area contributed by atoms with E-state index in [1.807, 2.05) is 44.2 Å². The van der Waals surface area contributed by atoms with Crippen molar-refractivity contribution in [2.24, 2.45) is 5.41 Å². The Bertz CT molecular complexity index is 331. The predicted molar refractivity (Wildman–Crippen MR) is 52.7 cm³/mol. The van der Waals surface area contributed by atoms with E-state index in [4.69, 9.17) is 5.26 Å². The molecule has 0 aromatic carbocycles. The van der Waals surface area contributed by atoms with Crippen molar-refractivity contribution < 1.29 is 0 Å². The molecule has 0 fully saturated rings. The van der Waals surface area contributed by atoms with Gasteiger partial charge < -0.3 is 0 Å². The van der Waals surface area contributed by atoms with Gasteiger partial charge in [0.2, 0.25) is 0 Å². The fourth-order valence-electron chi connectivity index (χ4n) is 0.806. The molecule has 66 valence electrons. The van der Waals surface area contributed by atoms with Crippen LogP contribution in [0.25, 0.3) is 6.08 Å². The van der Waals surface area contributed by atoms with Gasteiger partial charge in [-0.3, -0.25) is 4.98 Å². The largest absolute Gasteiger partial charge is 0.257 e. The first kappa shape index (κ1) is 9.47. The molecule has 2 nitrogen and oxygen atoms in total. The van der Waals surface area contributed by atoms with E-state index in [1.54, 1.807) is 6.20 Å². The number of allylic oxidation sites excluding steroid dienone is 1. The number of rotatable bonds is 2. The van der Waals surface area contributed by atoms with Crippen LogP contribution in [0.5, 0.6) is 0 Å². The summed E-state index contributed by atoms with van der Waals surface area (Å²) in [4.78, 5) is 4.12. The molecule has 0 N–H and O–H groups in total. The second-order valence-corrected chi connectivity index (χ2v) is 3.42. The first-order chi connectivity index (χ1) is 6.14. The zero-order valence-electron chi connectivity index (χ0n) is 7.86. The summed E-state index contributed by atoms with van der Waals surface area (Å²) in [7, 11) is 0. The van der Waals surface area contributed by atoms with Gasteiger partial charge in [-0.2, -0.15) is 5.26 Å². The van der Waals surface area contributed by atoms with Gasteiger partial charge in [0.25, 0.3) is 0 Å². The topological polar surface area (TPSA) is 36.7 Å². The maximum absolute atomic E-state index is 8.75. The normalized spacial score (nSPS) is 11.5. The molecule has 1 rings (SSSR count). The molecule has 13 heavy (non-hydrogen) atoms. The summed E-state index contributed by atoms with van der Waals surface area (Å²) in [5.41, 5.74) is 0.461. The summed E-state index contributed by atoms with van der Waals surface area (Å²) >= 11 is 0.